The zero-order valence-corrected chi connectivity index (χ0v) is 18.2. The van der Waals surface area contributed by atoms with Gasteiger partial charge in [-0.25, -0.2) is 0 Å². The van der Waals surface area contributed by atoms with Gasteiger partial charge in [-0.1, -0.05) is 30.3 Å². The van der Waals surface area contributed by atoms with Gasteiger partial charge in [0.25, 0.3) is 0 Å². The number of likely N-dealkylation sites (tertiary alicyclic amines) is 1. The van der Waals surface area contributed by atoms with Gasteiger partial charge in [0, 0.05) is 6.54 Å². The summed E-state index contributed by atoms with van der Waals surface area (Å²) in [6, 6.07) is 10.1. The maximum atomic E-state index is 12.3. The number of rotatable bonds is 4. The van der Waals surface area contributed by atoms with E-state index in [0.717, 1.165) is 37.9 Å². The minimum Gasteiger partial charge on any atom is -0.460 e. The van der Waals surface area contributed by atoms with E-state index in [4.69, 9.17) is 14.0 Å². The topological polar surface area (TPSA) is 48.0 Å². The molecule has 2 aliphatic heterocycles. The van der Waals surface area contributed by atoms with Crippen LogP contribution < -0.4 is 5.46 Å². The fourth-order valence-corrected chi connectivity index (χ4v) is 3.91. The third-order valence-corrected chi connectivity index (χ3v) is 5.97. The second kappa shape index (κ2) is 7.81. The Balaban J connectivity index is 1.59. The third-order valence-electron chi connectivity index (χ3n) is 5.97. The molecule has 1 aromatic rings. The Bertz CT molecular complexity index is 680. The van der Waals surface area contributed by atoms with E-state index in [1.807, 2.05) is 51.1 Å². The third kappa shape index (κ3) is 4.78. The molecule has 5 nitrogen and oxygen atoms in total. The molecule has 3 rings (SSSR count). The zero-order valence-electron chi connectivity index (χ0n) is 18.2. The van der Waals surface area contributed by atoms with E-state index in [2.05, 4.69) is 25.7 Å². The van der Waals surface area contributed by atoms with Crippen molar-refractivity contribution >= 4 is 18.6 Å². The van der Waals surface area contributed by atoms with Gasteiger partial charge in [0.05, 0.1) is 17.1 Å². The molecule has 0 saturated carbocycles. The normalized spacial score (nSPS) is 26.4. The van der Waals surface area contributed by atoms with Crippen LogP contribution in [-0.4, -0.2) is 54.4 Å². The van der Waals surface area contributed by atoms with Crippen LogP contribution in [0.4, 0.5) is 0 Å². The molecule has 0 radical (unpaired) electrons. The van der Waals surface area contributed by atoms with Crippen LogP contribution in [0.1, 0.15) is 54.4 Å². The summed E-state index contributed by atoms with van der Waals surface area (Å²) >= 11 is 0. The summed E-state index contributed by atoms with van der Waals surface area (Å²) in [5, 5.41) is 0. The first-order valence-corrected chi connectivity index (χ1v) is 10.3. The molecule has 0 N–H and O–H groups in total. The molecular formula is C22H34BNO4. The van der Waals surface area contributed by atoms with Gasteiger partial charge in [0.1, 0.15) is 5.60 Å². The quantitative estimate of drug-likeness (QED) is 0.587. The molecule has 0 amide bonds. The Hall–Kier alpha value is -1.37. The van der Waals surface area contributed by atoms with Gasteiger partial charge in [0.2, 0.25) is 0 Å². The predicted octanol–water partition coefficient (Wildman–Crippen LogP) is 3.02. The Morgan fingerprint density at radius 3 is 2.32 bits per heavy atom. The van der Waals surface area contributed by atoms with Crippen molar-refractivity contribution in [2.45, 2.75) is 71.2 Å². The molecule has 2 saturated heterocycles. The smallest absolute Gasteiger partial charge is 0.460 e. The van der Waals surface area contributed by atoms with Crippen molar-refractivity contribution in [3.8, 4) is 0 Å². The largest absolute Gasteiger partial charge is 0.494 e. The van der Waals surface area contributed by atoms with E-state index in [-0.39, 0.29) is 19.0 Å². The molecular weight excluding hydrogens is 353 g/mol. The van der Waals surface area contributed by atoms with Gasteiger partial charge >= 0.3 is 13.1 Å². The molecule has 0 aromatic heterocycles. The van der Waals surface area contributed by atoms with Crippen LogP contribution in [0.15, 0.2) is 30.3 Å². The molecule has 1 aromatic carbocycles. The first-order chi connectivity index (χ1) is 13.0. The number of esters is 1. The number of hydrogen-bond acceptors (Lipinski definition) is 5. The van der Waals surface area contributed by atoms with E-state index in [9.17, 15) is 4.79 Å². The van der Waals surface area contributed by atoms with Crippen molar-refractivity contribution in [2.24, 2.45) is 5.92 Å². The molecule has 1 unspecified atom stereocenters. The van der Waals surface area contributed by atoms with E-state index in [1.165, 1.54) is 0 Å². The minimum atomic E-state index is -0.424. The average Bonchev–Trinajstić information content (AvgIpc) is 2.84. The second-order valence-corrected chi connectivity index (χ2v) is 9.80. The summed E-state index contributed by atoms with van der Waals surface area (Å²) in [6.07, 6.45) is 1.66. The number of carbonyl (C=O) groups is 1. The fourth-order valence-electron chi connectivity index (χ4n) is 3.91. The van der Waals surface area contributed by atoms with Crippen molar-refractivity contribution < 1.29 is 18.8 Å². The van der Waals surface area contributed by atoms with Gasteiger partial charge in [0.15, 0.2) is 0 Å². The average molecular weight is 387 g/mol. The lowest BCUT2D eigenvalue weighted by atomic mass is 9.79. The number of nitrogens with zero attached hydrogens (tertiary/aromatic N) is 1. The number of ether oxygens (including phenoxy) is 1. The summed E-state index contributed by atoms with van der Waals surface area (Å²) in [5.41, 5.74) is -0.211. The highest BCUT2D eigenvalue weighted by Crippen LogP contribution is 2.38. The van der Waals surface area contributed by atoms with Crippen molar-refractivity contribution in [3.63, 3.8) is 0 Å². The van der Waals surface area contributed by atoms with Crippen molar-refractivity contribution in [1.29, 1.82) is 0 Å². The van der Waals surface area contributed by atoms with Crippen molar-refractivity contribution in [2.75, 3.05) is 19.6 Å². The highest BCUT2D eigenvalue weighted by Gasteiger charge is 2.55. The molecule has 1 atom stereocenters. The van der Waals surface area contributed by atoms with Crippen molar-refractivity contribution in [3.05, 3.63) is 30.3 Å². The molecule has 0 spiro atoms. The van der Waals surface area contributed by atoms with Gasteiger partial charge in [-0.05, 0) is 72.9 Å². The highest BCUT2D eigenvalue weighted by atomic mass is 16.7. The SMILES string of the molecule is CC(C)(C)OC(=O)C1CCN(CC2(C)OB(c3ccccc3)OC2(C)C)CC1. The highest BCUT2D eigenvalue weighted by molar-refractivity contribution is 6.62. The van der Waals surface area contributed by atoms with Gasteiger partial charge in [-0.2, -0.15) is 0 Å². The van der Waals surface area contributed by atoms with E-state index < -0.39 is 16.8 Å². The summed E-state index contributed by atoms with van der Waals surface area (Å²) in [6.45, 7) is 14.6. The van der Waals surface area contributed by atoms with Crippen molar-refractivity contribution in [1.82, 2.24) is 4.90 Å². The van der Waals surface area contributed by atoms with Crippen LogP contribution in [0, 0.1) is 5.92 Å². The summed E-state index contributed by atoms with van der Waals surface area (Å²) in [5.74, 6) is -0.0719. The number of carbonyl (C=O) groups excluding carboxylic acids is 1. The minimum absolute atomic E-state index is 0.00546. The van der Waals surface area contributed by atoms with Gasteiger partial charge in [-0.15, -0.1) is 0 Å². The number of hydrogen-bond donors (Lipinski definition) is 0. The second-order valence-electron chi connectivity index (χ2n) is 9.80. The molecule has 6 heteroatoms. The monoisotopic (exact) mass is 387 g/mol. The first-order valence-electron chi connectivity index (χ1n) is 10.3. The van der Waals surface area contributed by atoms with Crippen LogP contribution in [-0.2, 0) is 18.8 Å². The lowest BCUT2D eigenvalue weighted by Crippen LogP contribution is -2.54. The molecule has 2 fully saturated rings. The maximum absolute atomic E-state index is 12.3. The van der Waals surface area contributed by atoms with Crippen LogP contribution >= 0.6 is 0 Å². The van der Waals surface area contributed by atoms with Gasteiger partial charge < -0.3 is 18.9 Å². The zero-order chi connectivity index (χ0) is 20.6. The summed E-state index contributed by atoms with van der Waals surface area (Å²) < 4.78 is 18.3. The fraction of sp³-hybridized carbons (Fsp3) is 0.682. The van der Waals surface area contributed by atoms with Crippen LogP contribution in [0.25, 0.3) is 0 Å². The standard InChI is InChI=1S/C22H34BNO4/c1-20(2,3)26-19(25)17-12-14-24(15-13-17)16-22(6)21(4,5)27-23(28-22)18-10-8-7-9-11-18/h7-11,17H,12-16H2,1-6H3. The van der Waals surface area contributed by atoms with E-state index in [1.54, 1.807) is 0 Å². The molecule has 0 bridgehead atoms. The maximum Gasteiger partial charge on any atom is 0.494 e. The summed E-state index contributed by atoms with van der Waals surface area (Å²) in [7, 11) is -0.347. The molecule has 2 aliphatic rings. The van der Waals surface area contributed by atoms with Crippen LogP contribution in [0.5, 0.6) is 0 Å². The molecule has 2 heterocycles. The Morgan fingerprint density at radius 2 is 1.75 bits per heavy atom. The molecule has 154 valence electrons. The lowest BCUT2D eigenvalue weighted by molar-refractivity contribution is -0.161. The summed E-state index contributed by atoms with van der Waals surface area (Å²) in [4.78, 5) is 14.7. The predicted molar refractivity (Wildman–Crippen MR) is 111 cm³/mol. The Kier molecular flexibility index (Phi) is 5.95. The lowest BCUT2D eigenvalue weighted by Gasteiger charge is -2.42. The Labute approximate surface area is 169 Å². The number of benzene rings is 1. The molecule has 0 aliphatic carbocycles. The van der Waals surface area contributed by atoms with E-state index >= 15 is 0 Å². The number of piperidine rings is 1. The van der Waals surface area contributed by atoms with Crippen LogP contribution in [0.2, 0.25) is 0 Å². The first kappa shape index (κ1) is 21.3. The van der Waals surface area contributed by atoms with Crippen LogP contribution in [0.3, 0.4) is 0 Å². The molecule has 28 heavy (non-hydrogen) atoms. The van der Waals surface area contributed by atoms with Gasteiger partial charge in [-0.3, -0.25) is 4.79 Å². The Morgan fingerprint density at radius 1 is 1.14 bits per heavy atom. The van der Waals surface area contributed by atoms with E-state index in [0.29, 0.717) is 0 Å².